The zero-order chi connectivity index (χ0) is 24.5. The number of allylic oxidation sites excluding steroid dienone is 1. The number of para-hydroxylation sites is 2. The minimum absolute atomic E-state index is 0.0565. The molecule has 9 heteroatoms. The Morgan fingerprint density at radius 3 is 2.38 bits per heavy atom. The van der Waals surface area contributed by atoms with Crippen LogP contribution in [0.3, 0.4) is 0 Å². The van der Waals surface area contributed by atoms with E-state index >= 15 is 0 Å². The minimum atomic E-state index is -0.500. The van der Waals surface area contributed by atoms with Crippen LogP contribution in [0.1, 0.15) is 11.1 Å². The number of nitrogens with zero attached hydrogens (tertiary/aromatic N) is 2. The van der Waals surface area contributed by atoms with E-state index in [2.05, 4.69) is 11.4 Å². The first-order chi connectivity index (χ1) is 16.4. The molecule has 0 aromatic heterocycles. The average Bonchev–Trinajstić information content (AvgIpc) is 2.86. The summed E-state index contributed by atoms with van der Waals surface area (Å²) in [6.07, 6.45) is 1.63. The van der Waals surface area contributed by atoms with Crippen LogP contribution in [0.25, 0.3) is 11.6 Å². The fourth-order valence-electron chi connectivity index (χ4n) is 3.08. The Labute approximate surface area is 196 Å². The van der Waals surface area contributed by atoms with Gasteiger partial charge in [-0.2, -0.15) is 5.26 Å². The predicted molar refractivity (Wildman–Crippen MR) is 127 cm³/mol. The molecule has 9 nitrogen and oxygen atoms in total. The van der Waals surface area contributed by atoms with Crippen molar-refractivity contribution < 1.29 is 23.9 Å². The van der Waals surface area contributed by atoms with E-state index in [0.29, 0.717) is 39.6 Å². The van der Waals surface area contributed by atoms with Crippen molar-refractivity contribution in [2.45, 2.75) is 0 Å². The molecule has 0 aliphatic rings. The van der Waals surface area contributed by atoms with Gasteiger partial charge >= 0.3 is 0 Å². The van der Waals surface area contributed by atoms with E-state index in [-0.39, 0.29) is 18.2 Å². The fourth-order valence-corrected chi connectivity index (χ4v) is 3.08. The number of rotatable bonds is 9. The second kappa shape index (κ2) is 11.2. The van der Waals surface area contributed by atoms with Gasteiger partial charge in [0.25, 0.3) is 11.6 Å². The van der Waals surface area contributed by atoms with E-state index in [0.717, 1.165) is 0 Å². The van der Waals surface area contributed by atoms with Crippen molar-refractivity contribution in [3.05, 3.63) is 88.0 Å². The molecule has 3 aromatic rings. The van der Waals surface area contributed by atoms with Gasteiger partial charge in [-0.25, -0.2) is 0 Å². The Kier molecular flexibility index (Phi) is 7.81. The topological polar surface area (TPSA) is 124 Å². The Hall–Kier alpha value is -4.84. The SMILES string of the molecule is COc1ccccc1NC(=O)COc1ccc(/C=C(\C#N)c2ccc([N+](=O)[O-])cc2)cc1OC. The molecule has 0 fully saturated rings. The number of amides is 1. The molecule has 1 N–H and O–H groups in total. The fraction of sp³-hybridized carbons (Fsp3) is 0.120. The molecule has 3 aromatic carbocycles. The molecule has 0 saturated heterocycles. The number of ether oxygens (including phenoxy) is 3. The van der Waals surface area contributed by atoms with Crippen molar-refractivity contribution >= 4 is 28.9 Å². The number of nitro groups is 1. The van der Waals surface area contributed by atoms with E-state index in [4.69, 9.17) is 14.2 Å². The third-order valence-electron chi connectivity index (χ3n) is 4.75. The van der Waals surface area contributed by atoms with Gasteiger partial charge in [0.05, 0.1) is 36.5 Å². The van der Waals surface area contributed by atoms with Crippen LogP contribution >= 0.6 is 0 Å². The second-order valence-corrected chi connectivity index (χ2v) is 6.92. The van der Waals surface area contributed by atoms with Crippen molar-refractivity contribution in [1.29, 1.82) is 5.26 Å². The number of nitrogens with one attached hydrogen (secondary N) is 1. The van der Waals surface area contributed by atoms with Crippen LogP contribution in [0, 0.1) is 21.4 Å². The van der Waals surface area contributed by atoms with Crippen LogP contribution in [0.5, 0.6) is 17.2 Å². The Balaban J connectivity index is 1.72. The van der Waals surface area contributed by atoms with Crippen LogP contribution in [-0.4, -0.2) is 31.7 Å². The van der Waals surface area contributed by atoms with Crippen molar-refractivity contribution in [1.82, 2.24) is 0 Å². The normalized spacial score (nSPS) is 10.7. The minimum Gasteiger partial charge on any atom is -0.495 e. The lowest BCUT2D eigenvalue weighted by Gasteiger charge is -2.13. The average molecular weight is 459 g/mol. The monoisotopic (exact) mass is 459 g/mol. The number of carbonyl (C=O) groups excluding carboxylic acids is 1. The summed E-state index contributed by atoms with van der Waals surface area (Å²) in [6.45, 7) is -0.254. The number of nitro benzene ring substituents is 1. The molecule has 34 heavy (non-hydrogen) atoms. The molecule has 0 atom stereocenters. The lowest BCUT2D eigenvalue weighted by Crippen LogP contribution is -2.20. The molecule has 0 spiro atoms. The number of hydrogen-bond acceptors (Lipinski definition) is 7. The van der Waals surface area contributed by atoms with E-state index in [1.165, 1.54) is 38.5 Å². The molecule has 0 heterocycles. The molecule has 0 saturated carbocycles. The van der Waals surface area contributed by atoms with Crippen molar-refractivity contribution in [3.63, 3.8) is 0 Å². The van der Waals surface area contributed by atoms with Crippen LogP contribution in [0.4, 0.5) is 11.4 Å². The Morgan fingerprint density at radius 1 is 1.03 bits per heavy atom. The highest BCUT2D eigenvalue weighted by Gasteiger charge is 2.12. The Bertz CT molecular complexity index is 1260. The lowest BCUT2D eigenvalue weighted by molar-refractivity contribution is -0.384. The largest absolute Gasteiger partial charge is 0.495 e. The van der Waals surface area contributed by atoms with Gasteiger partial charge in [0.2, 0.25) is 0 Å². The molecule has 0 aliphatic carbocycles. The quantitative estimate of drug-likeness (QED) is 0.213. The number of methoxy groups -OCH3 is 2. The van der Waals surface area contributed by atoms with Crippen LogP contribution in [0.2, 0.25) is 0 Å². The summed E-state index contributed by atoms with van der Waals surface area (Å²) in [5.41, 5.74) is 1.99. The van der Waals surface area contributed by atoms with Crippen LogP contribution in [0.15, 0.2) is 66.7 Å². The standard InChI is InChI=1S/C25H21N3O6/c1-32-22-6-4-3-5-21(22)27-25(29)16-34-23-12-7-17(14-24(23)33-2)13-19(15-26)18-8-10-20(11-9-18)28(30)31/h3-14H,16H2,1-2H3,(H,27,29)/b19-13+. The van der Waals surface area contributed by atoms with Crippen molar-refractivity contribution in [2.24, 2.45) is 0 Å². The molecular weight excluding hydrogens is 438 g/mol. The Morgan fingerprint density at radius 2 is 1.74 bits per heavy atom. The summed E-state index contributed by atoms with van der Waals surface area (Å²) in [7, 11) is 2.98. The zero-order valence-corrected chi connectivity index (χ0v) is 18.5. The summed E-state index contributed by atoms with van der Waals surface area (Å²) in [6, 6.07) is 19.8. The van der Waals surface area contributed by atoms with Crippen LogP contribution < -0.4 is 19.5 Å². The highest BCUT2D eigenvalue weighted by atomic mass is 16.6. The number of nitriles is 1. The van der Waals surface area contributed by atoms with E-state index in [1.54, 1.807) is 48.5 Å². The zero-order valence-electron chi connectivity index (χ0n) is 18.5. The van der Waals surface area contributed by atoms with Gasteiger partial charge in [-0.15, -0.1) is 0 Å². The molecule has 172 valence electrons. The second-order valence-electron chi connectivity index (χ2n) is 6.92. The summed E-state index contributed by atoms with van der Waals surface area (Å²) in [4.78, 5) is 22.6. The van der Waals surface area contributed by atoms with E-state index in [9.17, 15) is 20.2 Å². The molecule has 0 bridgehead atoms. The van der Waals surface area contributed by atoms with Gasteiger partial charge in [0.1, 0.15) is 5.75 Å². The van der Waals surface area contributed by atoms with Gasteiger partial charge in [-0.1, -0.05) is 18.2 Å². The van der Waals surface area contributed by atoms with Gasteiger partial charge in [0, 0.05) is 12.1 Å². The van der Waals surface area contributed by atoms with Crippen LogP contribution in [-0.2, 0) is 4.79 Å². The first-order valence-corrected chi connectivity index (χ1v) is 10.1. The predicted octanol–water partition coefficient (Wildman–Crippen LogP) is 4.69. The number of non-ortho nitro benzene ring substituents is 1. The lowest BCUT2D eigenvalue weighted by atomic mass is 10.0. The number of anilines is 1. The van der Waals surface area contributed by atoms with Gasteiger partial charge < -0.3 is 19.5 Å². The smallest absolute Gasteiger partial charge is 0.269 e. The maximum atomic E-state index is 12.3. The molecule has 0 aliphatic heterocycles. The number of benzene rings is 3. The summed E-state index contributed by atoms with van der Waals surface area (Å²) in [5.74, 6) is 0.884. The number of hydrogen-bond donors (Lipinski definition) is 1. The maximum absolute atomic E-state index is 12.3. The van der Waals surface area contributed by atoms with Gasteiger partial charge in [0.15, 0.2) is 18.1 Å². The van der Waals surface area contributed by atoms with E-state index in [1.807, 2.05) is 0 Å². The summed E-state index contributed by atoms with van der Waals surface area (Å²) >= 11 is 0. The first kappa shape index (κ1) is 23.8. The summed E-state index contributed by atoms with van der Waals surface area (Å²) in [5, 5.41) is 23.1. The first-order valence-electron chi connectivity index (χ1n) is 10.1. The van der Waals surface area contributed by atoms with Crippen molar-refractivity contribution in [3.8, 4) is 23.3 Å². The molecular formula is C25H21N3O6. The number of carbonyl (C=O) groups is 1. The molecule has 0 unspecified atom stereocenters. The summed E-state index contributed by atoms with van der Waals surface area (Å²) < 4.78 is 16.2. The molecule has 1 amide bonds. The third kappa shape index (κ3) is 5.89. The van der Waals surface area contributed by atoms with Gasteiger partial charge in [-0.05, 0) is 53.6 Å². The van der Waals surface area contributed by atoms with Crippen molar-refractivity contribution in [2.75, 3.05) is 26.1 Å². The maximum Gasteiger partial charge on any atom is 0.269 e. The molecule has 0 radical (unpaired) electrons. The molecule has 3 rings (SSSR count). The van der Waals surface area contributed by atoms with E-state index < -0.39 is 4.92 Å². The van der Waals surface area contributed by atoms with Gasteiger partial charge in [-0.3, -0.25) is 14.9 Å². The highest BCUT2D eigenvalue weighted by molar-refractivity contribution is 5.93. The highest BCUT2D eigenvalue weighted by Crippen LogP contribution is 2.30. The third-order valence-corrected chi connectivity index (χ3v) is 4.75.